The van der Waals surface area contributed by atoms with Crippen molar-refractivity contribution in [3.8, 4) is 40.3 Å². The van der Waals surface area contributed by atoms with Gasteiger partial charge < -0.3 is 31.4 Å². The van der Waals surface area contributed by atoms with E-state index in [1.165, 1.54) is 0 Å². The largest absolute Gasteiger partial charge is 0.455 e. The van der Waals surface area contributed by atoms with Crippen molar-refractivity contribution in [3.63, 3.8) is 0 Å². The van der Waals surface area contributed by atoms with Gasteiger partial charge in [-0.1, -0.05) is 146 Å². The van der Waals surface area contributed by atoms with E-state index >= 15 is 0 Å². The van der Waals surface area contributed by atoms with Crippen LogP contribution in [0.4, 0.5) is 0 Å². The third-order valence-electron chi connectivity index (χ3n) is 17.5. The van der Waals surface area contributed by atoms with Gasteiger partial charge in [-0.05, 0) is 78.9 Å². The van der Waals surface area contributed by atoms with Gasteiger partial charge in [-0.15, -0.1) is 0 Å². The van der Waals surface area contributed by atoms with E-state index in [-0.39, 0.29) is 11.1 Å². The first-order valence-corrected chi connectivity index (χ1v) is 27.6. The first-order chi connectivity index (χ1) is 41.1. The second-order valence-electron chi connectivity index (χ2n) is 21.5. The van der Waals surface area contributed by atoms with Crippen molar-refractivity contribution < 1.29 is 17.7 Å². The Labute approximate surface area is 468 Å². The SMILES string of the molecule is N#Cc1c(C#N)c(-n2c3ccccc3c3c4oc5ccccc5c4ccc32)c(-n2c3ccccc3c3c4oc5ccccc5c4ccc32)c(-c2cccc3c2oc2ccccc23)c1-n1c2ccccc2c2c3oc4ccccc4c3ccc21. The fourth-order valence-electron chi connectivity index (χ4n) is 14.2. The first-order valence-electron chi connectivity index (χ1n) is 27.6. The van der Waals surface area contributed by atoms with Crippen LogP contribution < -0.4 is 0 Å². The van der Waals surface area contributed by atoms with Crippen molar-refractivity contribution in [2.45, 2.75) is 0 Å². The molecule has 0 fully saturated rings. The van der Waals surface area contributed by atoms with Gasteiger partial charge in [0, 0.05) is 70.4 Å². The highest BCUT2D eigenvalue weighted by atomic mass is 16.3. The number of benzene rings is 12. The minimum Gasteiger partial charge on any atom is -0.455 e. The molecular weight excluding hydrogens is 1020 g/mol. The number of nitriles is 2. The molecule has 0 spiro atoms. The second-order valence-corrected chi connectivity index (χ2v) is 21.5. The Balaban J connectivity index is 1.11. The number of rotatable bonds is 4. The van der Waals surface area contributed by atoms with Crippen LogP contribution in [0.1, 0.15) is 11.1 Å². The molecule has 0 saturated heterocycles. The van der Waals surface area contributed by atoms with Crippen LogP contribution >= 0.6 is 0 Å². The lowest BCUT2D eigenvalue weighted by atomic mass is 9.90. The van der Waals surface area contributed by atoms with Gasteiger partial charge in [0.1, 0.15) is 56.8 Å². The Kier molecular flexibility index (Phi) is 8.48. The molecule has 382 valence electrons. The lowest BCUT2D eigenvalue weighted by molar-refractivity contribution is 0.670. The molecule has 12 aromatic carbocycles. The van der Waals surface area contributed by atoms with Crippen molar-refractivity contribution in [2.75, 3.05) is 0 Å². The minimum absolute atomic E-state index is 0.178. The maximum atomic E-state index is 12.5. The van der Waals surface area contributed by atoms with Gasteiger partial charge in [0.2, 0.25) is 0 Å². The van der Waals surface area contributed by atoms with Crippen molar-refractivity contribution in [2.24, 2.45) is 0 Å². The maximum Gasteiger partial charge on any atom is 0.145 e. The van der Waals surface area contributed by atoms with Crippen molar-refractivity contribution >= 4 is 153 Å². The summed E-state index contributed by atoms with van der Waals surface area (Å²) in [4.78, 5) is 0. The predicted molar refractivity (Wildman–Crippen MR) is 333 cm³/mol. The summed E-state index contributed by atoms with van der Waals surface area (Å²) in [6.45, 7) is 0. The Bertz CT molecular complexity index is 6230. The number of para-hydroxylation sites is 8. The highest BCUT2D eigenvalue weighted by Crippen LogP contribution is 2.53. The van der Waals surface area contributed by atoms with Crippen molar-refractivity contribution in [1.29, 1.82) is 10.5 Å². The van der Waals surface area contributed by atoms with E-state index in [2.05, 4.69) is 153 Å². The molecule has 0 aliphatic rings. The Morgan fingerprint density at radius 3 is 0.976 bits per heavy atom. The van der Waals surface area contributed by atoms with Gasteiger partial charge >= 0.3 is 0 Å². The number of nitrogens with zero attached hydrogens (tertiary/aromatic N) is 5. The molecule has 9 heteroatoms. The van der Waals surface area contributed by atoms with Gasteiger partial charge in [0.25, 0.3) is 0 Å². The van der Waals surface area contributed by atoms with Crippen LogP contribution in [0.15, 0.2) is 242 Å². The molecule has 19 aromatic rings. The molecule has 0 saturated carbocycles. The van der Waals surface area contributed by atoms with Crippen molar-refractivity contribution in [3.05, 3.63) is 236 Å². The molecule has 0 unspecified atom stereocenters. The zero-order chi connectivity index (χ0) is 54.3. The second kappa shape index (κ2) is 16.0. The van der Waals surface area contributed by atoms with E-state index < -0.39 is 0 Å². The van der Waals surface area contributed by atoms with Gasteiger partial charge in [-0.25, -0.2) is 0 Å². The van der Waals surface area contributed by atoms with Crippen molar-refractivity contribution in [1.82, 2.24) is 13.7 Å². The fraction of sp³-hybridized carbons (Fsp3) is 0. The Hall–Kier alpha value is -11.8. The van der Waals surface area contributed by atoms with Crippen LogP contribution in [-0.2, 0) is 0 Å². The first kappa shape index (κ1) is 44.1. The number of hydrogen-bond donors (Lipinski definition) is 0. The van der Waals surface area contributed by atoms with E-state index in [9.17, 15) is 10.5 Å². The average Bonchev–Trinajstić information content (AvgIpc) is 2.28. The van der Waals surface area contributed by atoms with Crippen LogP contribution in [0.2, 0.25) is 0 Å². The molecule has 0 amide bonds. The summed E-state index contributed by atoms with van der Waals surface area (Å²) in [5, 5.41) is 38.3. The molecule has 0 aliphatic carbocycles. The molecule has 19 rings (SSSR count). The molecule has 0 bridgehead atoms. The lowest BCUT2D eigenvalue weighted by Gasteiger charge is -2.27. The molecule has 0 N–H and O–H groups in total. The van der Waals surface area contributed by atoms with Gasteiger partial charge in [-0.3, -0.25) is 0 Å². The molecule has 7 aromatic heterocycles. The van der Waals surface area contributed by atoms with Crippen LogP contribution in [0.3, 0.4) is 0 Å². The summed E-state index contributed by atoms with van der Waals surface area (Å²) >= 11 is 0. The lowest BCUT2D eigenvalue weighted by Crippen LogP contribution is -2.14. The van der Waals surface area contributed by atoms with Gasteiger partial charge in [0.15, 0.2) is 0 Å². The van der Waals surface area contributed by atoms with E-state index in [0.29, 0.717) is 28.2 Å². The summed E-state index contributed by atoms with van der Waals surface area (Å²) in [7, 11) is 0. The van der Waals surface area contributed by atoms with E-state index in [4.69, 9.17) is 17.7 Å². The normalized spacial score (nSPS) is 12.3. The Morgan fingerprint density at radius 1 is 0.253 bits per heavy atom. The summed E-state index contributed by atoms with van der Waals surface area (Å²) in [6.07, 6.45) is 0. The molecular formula is C74H37N5O4. The number of furan rings is 4. The molecule has 7 heterocycles. The minimum atomic E-state index is 0.178. The molecule has 9 nitrogen and oxygen atoms in total. The highest BCUT2D eigenvalue weighted by molar-refractivity contribution is 6.28. The van der Waals surface area contributed by atoms with Crippen LogP contribution in [0.5, 0.6) is 0 Å². The topological polar surface area (TPSA) is 115 Å². The molecule has 0 atom stereocenters. The van der Waals surface area contributed by atoms with E-state index in [1.807, 2.05) is 97.1 Å². The smallest absolute Gasteiger partial charge is 0.145 e. The summed E-state index contributed by atoms with van der Waals surface area (Å²) in [5.74, 6) is 0. The predicted octanol–water partition coefficient (Wildman–Crippen LogP) is 20.0. The fourth-order valence-corrected chi connectivity index (χ4v) is 14.2. The van der Waals surface area contributed by atoms with E-state index in [0.717, 1.165) is 153 Å². The molecule has 83 heavy (non-hydrogen) atoms. The Morgan fingerprint density at radius 2 is 0.566 bits per heavy atom. The summed E-state index contributed by atoms with van der Waals surface area (Å²) < 4.78 is 34.7. The third kappa shape index (κ3) is 5.57. The number of hydrogen-bond acceptors (Lipinski definition) is 6. The maximum absolute atomic E-state index is 12.5. The summed E-state index contributed by atoms with van der Waals surface area (Å²) in [5.41, 5.74) is 14.2. The highest BCUT2D eigenvalue weighted by Gasteiger charge is 2.36. The van der Waals surface area contributed by atoms with E-state index in [1.54, 1.807) is 0 Å². The molecule has 0 aliphatic heterocycles. The molecule has 0 radical (unpaired) electrons. The third-order valence-corrected chi connectivity index (χ3v) is 17.5. The number of fused-ring (bicyclic) bond motifs is 24. The summed E-state index contributed by atoms with van der Waals surface area (Å²) in [6, 6.07) is 82.2. The van der Waals surface area contributed by atoms with Crippen LogP contribution in [0, 0.1) is 22.7 Å². The zero-order valence-corrected chi connectivity index (χ0v) is 43.7. The van der Waals surface area contributed by atoms with Crippen LogP contribution in [0.25, 0.3) is 181 Å². The van der Waals surface area contributed by atoms with Gasteiger partial charge in [-0.2, -0.15) is 10.5 Å². The number of aromatic nitrogens is 3. The quantitative estimate of drug-likeness (QED) is 0.173. The average molecular weight is 1060 g/mol. The van der Waals surface area contributed by atoms with Crippen LogP contribution in [-0.4, -0.2) is 13.7 Å². The monoisotopic (exact) mass is 1060 g/mol. The van der Waals surface area contributed by atoms with Gasteiger partial charge in [0.05, 0.1) is 77.4 Å². The standard InChI is InChI=1S/C74H37N5O4/c75-38-52-53(39-76)69(78-55-26-9-2-21-49(55)65-58(78)36-33-46-42-18-6-13-30-62(42)82-73(46)65)70(79-56-27-10-3-22-50(56)66-59(79)37-34-47-43-19-7-14-31-63(43)83-74(47)66)67(51-24-15-23-44-40-16-4-11-28-60(40)80-71(44)51)68(52)77-54-25-8-1-20-48(54)64-57(77)35-32-45-41-17-5-12-29-61(41)81-72(45)64/h1-37H. The zero-order valence-electron chi connectivity index (χ0n) is 43.7.